The minimum atomic E-state index is -2.95. The van der Waals surface area contributed by atoms with E-state index in [9.17, 15) is 18.6 Å². The molecule has 1 aromatic heterocycles. The van der Waals surface area contributed by atoms with Crippen LogP contribution in [0.1, 0.15) is 11.3 Å². The van der Waals surface area contributed by atoms with Gasteiger partial charge in [0.2, 0.25) is 0 Å². The van der Waals surface area contributed by atoms with Crippen molar-refractivity contribution in [3.05, 3.63) is 29.5 Å². The van der Waals surface area contributed by atoms with Gasteiger partial charge in [-0.3, -0.25) is 0 Å². The maximum Gasteiger partial charge on any atom is 0.157 e. The minimum Gasteiger partial charge on any atom is -0.456 e. The zero-order valence-corrected chi connectivity index (χ0v) is 12.3. The molecule has 2 aromatic rings. The molecule has 6 nitrogen and oxygen atoms in total. The Morgan fingerprint density at radius 2 is 1.81 bits per heavy atom. The molecule has 0 bridgehead atoms. The monoisotopic (exact) mass is 311 g/mol. The highest BCUT2D eigenvalue weighted by Gasteiger charge is 2.24. The number of fused-ring (bicyclic) bond motifs is 1. The van der Waals surface area contributed by atoms with Crippen LogP contribution < -0.4 is 4.90 Å². The number of anilines is 1. The molecule has 3 rings (SSSR count). The third-order valence-electron chi connectivity index (χ3n) is 3.73. The van der Waals surface area contributed by atoms with Crippen LogP contribution in [-0.4, -0.2) is 43.2 Å². The molecule has 0 aliphatic carbocycles. The SMILES string of the molecule is O=S1(=O)CCN(c2cc(CO)cc3cc(CO)oc23)CC1. The average Bonchev–Trinajstić information content (AvgIpc) is 2.89. The summed E-state index contributed by atoms with van der Waals surface area (Å²) in [6.07, 6.45) is 0. The van der Waals surface area contributed by atoms with E-state index in [2.05, 4.69) is 0 Å². The maximum atomic E-state index is 11.5. The Bertz CT molecular complexity index is 751. The van der Waals surface area contributed by atoms with E-state index in [-0.39, 0.29) is 24.7 Å². The first-order valence-corrected chi connectivity index (χ1v) is 8.57. The number of hydrogen-bond acceptors (Lipinski definition) is 6. The number of benzene rings is 1. The van der Waals surface area contributed by atoms with Crippen LogP contribution in [0.4, 0.5) is 5.69 Å². The molecule has 114 valence electrons. The van der Waals surface area contributed by atoms with Gasteiger partial charge in [-0.25, -0.2) is 8.42 Å². The van der Waals surface area contributed by atoms with Crippen LogP contribution in [0, 0.1) is 0 Å². The average molecular weight is 311 g/mol. The van der Waals surface area contributed by atoms with Gasteiger partial charge in [-0.05, 0) is 23.8 Å². The number of rotatable bonds is 3. The van der Waals surface area contributed by atoms with Crippen LogP contribution in [0.2, 0.25) is 0 Å². The van der Waals surface area contributed by atoms with Gasteiger partial charge in [0.25, 0.3) is 0 Å². The summed E-state index contributed by atoms with van der Waals surface area (Å²) in [4.78, 5) is 1.95. The molecule has 1 aromatic carbocycles. The van der Waals surface area contributed by atoms with E-state index in [1.807, 2.05) is 17.0 Å². The molecular formula is C14H17NO5S. The van der Waals surface area contributed by atoms with Gasteiger partial charge >= 0.3 is 0 Å². The molecule has 7 heteroatoms. The molecule has 0 radical (unpaired) electrons. The summed E-state index contributed by atoms with van der Waals surface area (Å²) in [5.74, 6) is 0.683. The fourth-order valence-corrected chi connectivity index (χ4v) is 3.81. The molecule has 2 heterocycles. The van der Waals surface area contributed by atoms with E-state index in [0.29, 0.717) is 24.4 Å². The van der Waals surface area contributed by atoms with E-state index in [0.717, 1.165) is 16.6 Å². The predicted molar refractivity (Wildman–Crippen MR) is 78.9 cm³/mol. The van der Waals surface area contributed by atoms with Crippen LogP contribution in [0.3, 0.4) is 0 Å². The number of furan rings is 1. The summed E-state index contributed by atoms with van der Waals surface area (Å²) in [5, 5.41) is 19.4. The van der Waals surface area contributed by atoms with Gasteiger partial charge in [-0.15, -0.1) is 0 Å². The molecule has 0 saturated carbocycles. The molecule has 0 atom stereocenters. The summed E-state index contributed by atoms with van der Waals surface area (Å²) in [5.41, 5.74) is 2.12. The number of aliphatic hydroxyl groups excluding tert-OH is 2. The van der Waals surface area contributed by atoms with Crippen LogP contribution in [0.5, 0.6) is 0 Å². The highest BCUT2D eigenvalue weighted by Crippen LogP contribution is 2.32. The Morgan fingerprint density at radius 3 is 2.43 bits per heavy atom. The summed E-state index contributed by atoms with van der Waals surface area (Å²) < 4.78 is 28.7. The topological polar surface area (TPSA) is 91.0 Å². The zero-order chi connectivity index (χ0) is 15.0. The summed E-state index contributed by atoms with van der Waals surface area (Å²) in [6.45, 7) is 0.509. The Balaban J connectivity index is 2.05. The van der Waals surface area contributed by atoms with Gasteiger partial charge in [-0.1, -0.05) is 0 Å². The smallest absolute Gasteiger partial charge is 0.157 e. The predicted octanol–water partition coefficient (Wildman–Crippen LogP) is 0.652. The molecule has 1 saturated heterocycles. The summed E-state index contributed by atoms with van der Waals surface area (Å²) >= 11 is 0. The Morgan fingerprint density at radius 1 is 1.10 bits per heavy atom. The molecule has 0 unspecified atom stereocenters. The van der Waals surface area contributed by atoms with Crippen molar-refractivity contribution in [3.8, 4) is 0 Å². The third-order valence-corrected chi connectivity index (χ3v) is 5.34. The van der Waals surface area contributed by atoms with Crippen molar-refractivity contribution in [2.75, 3.05) is 29.5 Å². The zero-order valence-electron chi connectivity index (χ0n) is 11.4. The molecule has 0 spiro atoms. The molecule has 1 aliphatic rings. The van der Waals surface area contributed by atoms with Crippen LogP contribution in [-0.2, 0) is 23.1 Å². The van der Waals surface area contributed by atoms with Crippen LogP contribution in [0.15, 0.2) is 22.6 Å². The van der Waals surface area contributed by atoms with Crippen LogP contribution >= 0.6 is 0 Å². The molecule has 1 aliphatic heterocycles. The molecular weight excluding hydrogens is 294 g/mol. The van der Waals surface area contributed by atoms with Gasteiger partial charge in [0.1, 0.15) is 12.4 Å². The summed E-state index contributed by atoms with van der Waals surface area (Å²) in [6, 6.07) is 5.35. The second-order valence-corrected chi connectivity index (χ2v) is 7.50. The maximum absolute atomic E-state index is 11.5. The Hall–Kier alpha value is -1.57. The van der Waals surface area contributed by atoms with Crippen molar-refractivity contribution < 1.29 is 23.0 Å². The molecule has 2 N–H and O–H groups in total. The fraction of sp³-hybridized carbons (Fsp3) is 0.429. The lowest BCUT2D eigenvalue weighted by Gasteiger charge is -2.29. The molecule has 0 amide bonds. The third kappa shape index (κ3) is 2.76. The standard InChI is InChI=1S/C14H17NO5S/c16-8-10-5-11-7-12(9-17)20-14(11)13(6-10)15-1-3-21(18,19)4-2-15/h5-7,16-17H,1-4,8-9H2. The van der Waals surface area contributed by atoms with E-state index < -0.39 is 9.84 Å². The highest BCUT2D eigenvalue weighted by molar-refractivity contribution is 7.91. The van der Waals surface area contributed by atoms with Gasteiger partial charge < -0.3 is 19.5 Å². The van der Waals surface area contributed by atoms with Crippen molar-refractivity contribution >= 4 is 26.5 Å². The van der Waals surface area contributed by atoms with E-state index in [1.165, 1.54) is 0 Å². The van der Waals surface area contributed by atoms with Gasteiger partial charge in [0.05, 0.1) is 23.8 Å². The minimum absolute atomic E-state index is 0.102. The normalized spacial score (nSPS) is 18.3. The Kier molecular flexibility index (Phi) is 3.64. The first kappa shape index (κ1) is 14.4. The molecule has 21 heavy (non-hydrogen) atoms. The largest absolute Gasteiger partial charge is 0.456 e. The fourth-order valence-electron chi connectivity index (χ4n) is 2.61. The van der Waals surface area contributed by atoms with Crippen molar-refractivity contribution in [2.24, 2.45) is 0 Å². The van der Waals surface area contributed by atoms with E-state index in [1.54, 1.807) is 6.07 Å². The van der Waals surface area contributed by atoms with E-state index >= 15 is 0 Å². The van der Waals surface area contributed by atoms with Gasteiger partial charge in [0, 0.05) is 18.5 Å². The highest BCUT2D eigenvalue weighted by atomic mass is 32.2. The first-order valence-electron chi connectivity index (χ1n) is 6.75. The Labute approximate surface area is 122 Å². The van der Waals surface area contributed by atoms with Gasteiger partial charge in [-0.2, -0.15) is 0 Å². The summed E-state index contributed by atoms with van der Waals surface area (Å²) in [7, 11) is -2.95. The second-order valence-electron chi connectivity index (χ2n) is 5.20. The first-order chi connectivity index (χ1) is 10.0. The molecule has 1 fully saturated rings. The lowest BCUT2D eigenvalue weighted by Crippen LogP contribution is -2.40. The second kappa shape index (κ2) is 5.32. The number of hydrogen-bond donors (Lipinski definition) is 2. The lowest BCUT2D eigenvalue weighted by atomic mass is 10.1. The van der Waals surface area contributed by atoms with Crippen molar-refractivity contribution in [2.45, 2.75) is 13.2 Å². The number of nitrogens with zero attached hydrogens (tertiary/aromatic N) is 1. The van der Waals surface area contributed by atoms with Crippen molar-refractivity contribution in [1.29, 1.82) is 0 Å². The van der Waals surface area contributed by atoms with Gasteiger partial charge in [0.15, 0.2) is 15.4 Å². The number of sulfone groups is 1. The lowest BCUT2D eigenvalue weighted by molar-refractivity contribution is 0.251. The quantitative estimate of drug-likeness (QED) is 0.865. The van der Waals surface area contributed by atoms with Crippen LogP contribution in [0.25, 0.3) is 11.0 Å². The van der Waals surface area contributed by atoms with E-state index in [4.69, 9.17) is 4.42 Å². The number of aliphatic hydroxyl groups is 2. The van der Waals surface area contributed by atoms with Crippen molar-refractivity contribution in [1.82, 2.24) is 0 Å². The van der Waals surface area contributed by atoms with Crippen molar-refractivity contribution in [3.63, 3.8) is 0 Å².